The Hall–Kier alpha value is -3.52. The van der Waals surface area contributed by atoms with Crippen molar-refractivity contribution in [3.8, 4) is 22.4 Å². The molecule has 0 atom stereocenters. The van der Waals surface area contributed by atoms with E-state index in [0.717, 1.165) is 41.3 Å². The van der Waals surface area contributed by atoms with Crippen molar-refractivity contribution in [1.82, 2.24) is 24.6 Å². The maximum Gasteiger partial charge on any atom is 0.166 e. The highest BCUT2D eigenvalue weighted by Gasteiger charge is 2.15. The topological polar surface area (TPSA) is 111 Å². The van der Waals surface area contributed by atoms with Gasteiger partial charge >= 0.3 is 0 Å². The molecule has 28 heavy (non-hydrogen) atoms. The fourth-order valence-electron chi connectivity index (χ4n) is 3.19. The van der Waals surface area contributed by atoms with Crippen molar-refractivity contribution in [3.63, 3.8) is 0 Å². The van der Waals surface area contributed by atoms with E-state index in [1.807, 2.05) is 42.7 Å². The molecule has 0 unspecified atom stereocenters. The second-order valence-electron chi connectivity index (χ2n) is 6.36. The van der Waals surface area contributed by atoms with Crippen LogP contribution in [-0.2, 0) is 0 Å². The molecule has 0 bridgehead atoms. The van der Waals surface area contributed by atoms with E-state index >= 15 is 0 Å². The van der Waals surface area contributed by atoms with Crippen LogP contribution in [0, 0.1) is 0 Å². The Kier molecular flexibility index (Phi) is 4.86. The number of likely N-dealkylation sites (N-methyl/N-ethyl adjacent to an activating group) is 1. The molecular formula is C20H22N8. The normalized spacial score (nSPS) is 11.1. The molecule has 0 aromatic carbocycles. The standard InChI is InChI=1S/C20H22N8/c1-2-27(10-8-21)17-7-6-14(11-24-17)15-12-25-20-18(16-5-3-4-9-23-16)19(22)26-28(20)13-15/h3-7,9,11-13H,2,8,10,21H2,1H3,(H2,22,26). The van der Waals surface area contributed by atoms with E-state index in [9.17, 15) is 0 Å². The monoisotopic (exact) mass is 374 g/mol. The summed E-state index contributed by atoms with van der Waals surface area (Å²) in [6.07, 6.45) is 7.27. The van der Waals surface area contributed by atoms with Gasteiger partial charge in [-0.2, -0.15) is 0 Å². The molecule has 142 valence electrons. The molecule has 4 rings (SSSR count). The number of nitrogens with two attached hydrogens (primary N) is 2. The fraction of sp³-hybridized carbons (Fsp3) is 0.200. The van der Waals surface area contributed by atoms with Crippen molar-refractivity contribution < 1.29 is 0 Å². The molecule has 8 heteroatoms. The van der Waals surface area contributed by atoms with E-state index in [4.69, 9.17) is 11.5 Å². The quantitative estimate of drug-likeness (QED) is 0.532. The third-order valence-corrected chi connectivity index (χ3v) is 4.61. The van der Waals surface area contributed by atoms with Crippen LogP contribution in [0.4, 0.5) is 11.6 Å². The van der Waals surface area contributed by atoms with Crippen LogP contribution in [0.3, 0.4) is 0 Å². The number of nitrogens with zero attached hydrogens (tertiary/aromatic N) is 6. The third-order valence-electron chi connectivity index (χ3n) is 4.61. The van der Waals surface area contributed by atoms with Gasteiger partial charge in [0.15, 0.2) is 11.5 Å². The number of fused-ring (bicyclic) bond motifs is 1. The van der Waals surface area contributed by atoms with Crippen molar-refractivity contribution in [1.29, 1.82) is 0 Å². The van der Waals surface area contributed by atoms with E-state index in [1.54, 1.807) is 16.9 Å². The predicted molar refractivity (Wildman–Crippen MR) is 111 cm³/mol. The third kappa shape index (κ3) is 3.25. The predicted octanol–water partition coefficient (Wildman–Crippen LogP) is 2.22. The van der Waals surface area contributed by atoms with Crippen LogP contribution in [0.25, 0.3) is 28.0 Å². The van der Waals surface area contributed by atoms with E-state index in [2.05, 4.69) is 31.9 Å². The van der Waals surface area contributed by atoms with Crippen LogP contribution in [0.1, 0.15) is 6.92 Å². The van der Waals surface area contributed by atoms with E-state index in [1.165, 1.54) is 0 Å². The Balaban J connectivity index is 1.69. The molecule has 8 nitrogen and oxygen atoms in total. The van der Waals surface area contributed by atoms with E-state index in [0.29, 0.717) is 18.0 Å². The number of hydrogen-bond acceptors (Lipinski definition) is 7. The molecule has 0 aliphatic heterocycles. The minimum Gasteiger partial charge on any atom is -0.382 e. The highest BCUT2D eigenvalue weighted by molar-refractivity contribution is 5.84. The molecule has 4 aromatic heterocycles. The SMILES string of the molecule is CCN(CCN)c1ccc(-c2cnc3c(-c4ccccn4)c(N)nn3c2)cn1. The Labute approximate surface area is 162 Å². The lowest BCUT2D eigenvalue weighted by atomic mass is 10.1. The molecule has 0 aliphatic rings. The van der Waals surface area contributed by atoms with Gasteiger partial charge < -0.3 is 16.4 Å². The highest BCUT2D eigenvalue weighted by atomic mass is 15.3. The number of aromatic nitrogens is 5. The summed E-state index contributed by atoms with van der Waals surface area (Å²) < 4.78 is 1.69. The first-order chi connectivity index (χ1) is 13.7. The molecule has 0 radical (unpaired) electrons. The van der Waals surface area contributed by atoms with Gasteiger partial charge in [-0.1, -0.05) is 6.07 Å². The van der Waals surface area contributed by atoms with Crippen LogP contribution < -0.4 is 16.4 Å². The Morgan fingerprint density at radius 2 is 1.89 bits per heavy atom. The Morgan fingerprint density at radius 1 is 1.04 bits per heavy atom. The second-order valence-corrected chi connectivity index (χ2v) is 6.36. The van der Waals surface area contributed by atoms with Crippen LogP contribution in [-0.4, -0.2) is 44.2 Å². The number of pyridine rings is 2. The molecule has 4 heterocycles. The maximum absolute atomic E-state index is 6.13. The summed E-state index contributed by atoms with van der Waals surface area (Å²) in [7, 11) is 0. The van der Waals surface area contributed by atoms with Crippen LogP contribution in [0.15, 0.2) is 55.1 Å². The summed E-state index contributed by atoms with van der Waals surface area (Å²) in [6.45, 7) is 4.32. The lowest BCUT2D eigenvalue weighted by Crippen LogP contribution is -2.29. The molecule has 0 aliphatic carbocycles. The lowest BCUT2D eigenvalue weighted by molar-refractivity contribution is 0.802. The second kappa shape index (κ2) is 7.61. The highest BCUT2D eigenvalue weighted by Crippen LogP contribution is 2.29. The van der Waals surface area contributed by atoms with Crippen LogP contribution in [0.5, 0.6) is 0 Å². The summed E-state index contributed by atoms with van der Waals surface area (Å²) in [5.74, 6) is 1.31. The van der Waals surface area contributed by atoms with Gasteiger partial charge in [0.2, 0.25) is 0 Å². The summed E-state index contributed by atoms with van der Waals surface area (Å²) in [6, 6.07) is 9.69. The van der Waals surface area contributed by atoms with Gasteiger partial charge in [-0.15, -0.1) is 5.10 Å². The first-order valence-corrected chi connectivity index (χ1v) is 9.18. The van der Waals surface area contributed by atoms with Crippen molar-refractivity contribution in [2.45, 2.75) is 6.92 Å². The number of anilines is 2. The van der Waals surface area contributed by atoms with E-state index in [-0.39, 0.29) is 0 Å². The zero-order chi connectivity index (χ0) is 19.5. The number of rotatable bonds is 6. The summed E-state index contributed by atoms with van der Waals surface area (Å²) >= 11 is 0. The minimum absolute atomic E-state index is 0.400. The molecule has 0 spiro atoms. The van der Waals surface area contributed by atoms with Gasteiger partial charge in [0, 0.05) is 55.5 Å². The lowest BCUT2D eigenvalue weighted by Gasteiger charge is -2.21. The van der Waals surface area contributed by atoms with Crippen molar-refractivity contribution in [3.05, 3.63) is 55.1 Å². The molecular weight excluding hydrogens is 352 g/mol. The van der Waals surface area contributed by atoms with Crippen molar-refractivity contribution >= 4 is 17.3 Å². The molecule has 0 amide bonds. The molecule has 0 fully saturated rings. The average molecular weight is 374 g/mol. The van der Waals surface area contributed by atoms with Gasteiger partial charge in [-0.3, -0.25) is 4.98 Å². The van der Waals surface area contributed by atoms with Gasteiger partial charge in [0.25, 0.3) is 0 Å². The first kappa shape index (κ1) is 17.9. The zero-order valence-electron chi connectivity index (χ0n) is 15.7. The van der Waals surface area contributed by atoms with E-state index < -0.39 is 0 Å². The van der Waals surface area contributed by atoms with Crippen molar-refractivity contribution in [2.24, 2.45) is 5.73 Å². The van der Waals surface area contributed by atoms with Gasteiger partial charge in [0.1, 0.15) is 5.82 Å². The minimum atomic E-state index is 0.400. The Morgan fingerprint density at radius 3 is 2.57 bits per heavy atom. The maximum atomic E-state index is 6.13. The number of hydrogen-bond donors (Lipinski definition) is 2. The zero-order valence-corrected chi connectivity index (χ0v) is 15.7. The van der Waals surface area contributed by atoms with Crippen molar-refractivity contribution in [2.75, 3.05) is 30.3 Å². The van der Waals surface area contributed by atoms with Gasteiger partial charge in [-0.05, 0) is 31.2 Å². The van der Waals surface area contributed by atoms with Crippen LogP contribution >= 0.6 is 0 Å². The fourth-order valence-corrected chi connectivity index (χ4v) is 3.19. The van der Waals surface area contributed by atoms with Gasteiger partial charge in [0.05, 0.1) is 11.3 Å². The first-order valence-electron chi connectivity index (χ1n) is 9.18. The number of nitrogen functional groups attached to an aromatic ring is 1. The van der Waals surface area contributed by atoms with Crippen LogP contribution in [0.2, 0.25) is 0 Å². The average Bonchev–Trinajstić information content (AvgIpc) is 3.07. The molecule has 0 saturated carbocycles. The summed E-state index contributed by atoms with van der Waals surface area (Å²) in [4.78, 5) is 15.7. The largest absolute Gasteiger partial charge is 0.382 e. The van der Waals surface area contributed by atoms with Gasteiger partial charge in [-0.25, -0.2) is 14.5 Å². The summed E-state index contributed by atoms with van der Waals surface area (Å²) in [5.41, 5.74) is 15.8. The molecule has 4 aromatic rings. The summed E-state index contributed by atoms with van der Waals surface area (Å²) in [5, 5.41) is 4.41. The molecule has 4 N–H and O–H groups in total. The smallest absolute Gasteiger partial charge is 0.166 e. The Bertz CT molecular complexity index is 1070. The molecule has 0 saturated heterocycles.